The molecule has 0 bridgehead atoms. The molecule has 4 nitrogen and oxygen atoms in total. The van der Waals surface area contributed by atoms with E-state index in [1.54, 1.807) is 12.1 Å². The van der Waals surface area contributed by atoms with Gasteiger partial charge in [-0.2, -0.15) is 0 Å². The van der Waals surface area contributed by atoms with Crippen LogP contribution in [-0.2, 0) is 0 Å². The molecule has 0 saturated carbocycles. The summed E-state index contributed by atoms with van der Waals surface area (Å²) in [6.45, 7) is 4.02. The number of aryl methyl sites for hydroxylation is 2. The first-order valence-electron chi connectivity index (χ1n) is 5.99. The molecule has 98 valence electrons. The molecule has 0 aromatic heterocycles. The van der Waals surface area contributed by atoms with E-state index in [1.807, 2.05) is 32.0 Å². The fourth-order valence-electron chi connectivity index (χ4n) is 1.66. The van der Waals surface area contributed by atoms with Crippen molar-refractivity contribution in [2.75, 3.05) is 10.6 Å². The van der Waals surface area contributed by atoms with Crippen molar-refractivity contribution in [1.29, 1.82) is 0 Å². The zero-order chi connectivity index (χ0) is 13.8. The maximum atomic E-state index is 11.8. The molecule has 0 radical (unpaired) electrons. The fourth-order valence-corrected chi connectivity index (χ4v) is 1.66. The van der Waals surface area contributed by atoms with Gasteiger partial charge in [-0.05, 0) is 61.4 Å². The van der Waals surface area contributed by atoms with Gasteiger partial charge in [0.15, 0.2) is 0 Å². The van der Waals surface area contributed by atoms with Crippen LogP contribution < -0.4 is 10.6 Å². The number of carbonyl (C=O) groups excluding carboxylic acids is 1. The van der Waals surface area contributed by atoms with E-state index in [0.29, 0.717) is 5.69 Å². The Labute approximate surface area is 112 Å². The molecule has 0 aliphatic heterocycles. The number of anilines is 2. The molecular weight excluding hydrogens is 240 g/mol. The third-order valence-electron chi connectivity index (χ3n) is 2.89. The highest BCUT2D eigenvalue weighted by Gasteiger charge is 2.03. The number of hydrogen-bond donors (Lipinski definition) is 3. The Morgan fingerprint density at radius 2 is 1.47 bits per heavy atom. The van der Waals surface area contributed by atoms with Gasteiger partial charge in [0.25, 0.3) is 0 Å². The van der Waals surface area contributed by atoms with Crippen LogP contribution in [0.1, 0.15) is 11.1 Å². The molecule has 0 aliphatic carbocycles. The van der Waals surface area contributed by atoms with Gasteiger partial charge in [0.1, 0.15) is 5.75 Å². The Morgan fingerprint density at radius 1 is 0.895 bits per heavy atom. The van der Waals surface area contributed by atoms with Gasteiger partial charge in [-0.3, -0.25) is 0 Å². The number of amides is 2. The maximum Gasteiger partial charge on any atom is 0.323 e. The SMILES string of the molecule is Cc1ccc(NC(=O)Nc2ccc(O)cc2)cc1C. The molecule has 3 N–H and O–H groups in total. The van der Waals surface area contributed by atoms with Crippen molar-refractivity contribution >= 4 is 17.4 Å². The van der Waals surface area contributed by atoms with E-state index in [9.17, 15) is 4.79 Å². The Bertz CT molecular complexity index is 592. The Hall–Kier alpha value is -2.49. The van der Waals surface area contributed by atoms with Gasteiger partial charge in [-0.1, -0.05) is 6.07 Å². The van der Waals surface area contributed by atoms with Crippen LogP contribution in [0.15, 0.2) is 42.5 Å². The lowest BCUT2D eigenvalue weighted by atomic mass is 10.1. The van der Waals surface area contributed by atoms with Crippen LogP contribution in [0.25, 0.3) is 0 Å². The van der Waals surface area contributed by atoms with E-state index < -0.39 is 0 Å². The van der Waals surface area contributed by atoms with Crippen LogP contribution in [0.3, 0.4) is 0 Å². The van der Waals surface area contributed by atoms with Gasteiger partial charge < -0.3 is 15.7 Å². The summed E-state index contributed by atoms with van der Waals surface area (Å²) in [4.78, 5) is 11.8. The normalized spacial score (nSPS) is 10.0. The largest absolute Gasteiger partial charge is 0.508 e. The third kappa shape index (κ3) is 3.48. The monoisotopic (exact) mass is 256 g/mol. The summed E-state index contributed by atoms with van der Waals surface area (Å²) >= 11 is 0. The van der Waals surface area contributed by atoms with Gasteiger partial charge in [-0.25, -0.2) is 4.79 Å². The number of aromatic hydroxyl groups is 1. The summed E-state index contributed by atoms with van der Waals surface area (Å²) in [5.74, 6) is 0.167. The highest BCUT2D eigenvalue weighted by atomic mass is 16.3. The minimum absolute atomic E-state index is 0.167. The van der Waals surface area contributed by atoms with E-state index >= 15 is 0 Å². The number of hydrogen-bond acceptors (Lipinski definition) is 2. The molecule has 2 aromatic carbocycles. The summed E-state index contributed by atoms with van der Waals surface area (Å²) in [6, 6.07) is 11.7. The van der Waals surface area contributed by atoms with Crippen molar-refractivity contribution in [3.63, 3.8) is 0 Å². The fraction of sp³-hybridized carbons (Fsp3) is 0.133. The van der Waals surface area contributed by atoms with Gasteiger partial charge in [0.2, 0.25) is 0 Å². The molecule has 2 rings (SSSR count). The number of phenolic OH excluding ortho intramolecular Hbond substituents is 1. The van der Waals surface area contributed by atoms with Crippen LogP contribution in [0.2, 0.25) is 0 Å². The van der Waals surface area contributed by atoms with Gasteiger partial charge in [-0.15, -0.1) is 0 Å². The second kappa shape index (κ2) is 5.44. The van der Waals surface area contributed by atoms with Crippen molar-refractivity contribution in [2.45, 2.75) is 13.8 Å². The summed E-state index contributed by atoms with van der Waals surface area (Å²) in [5, 5.41) is 14.6. The highest BCUT2D eigenvalue weighted by molar-refractivity contribution is 5.99. The predicted octanol–water partition coefficient (Wildman–Crippen LogP) is 3.65. The van der Waals surface area contributed by atoms with Crippen LogP contribution in [0.5, 0.6) is 5.75 Å². The number of benzene rings is 2. The number of urea groups is 1. The Kier molecular flexibility index (Phi) is 3.71. The molecule has 0 spiro atoms. The minimum Gasteiger partial charge on any atom is -0.508 e. The summed E-state index contributed by atoms with van der Waals surface area (Å²) in [5.41, 5.74) is 3.69. The van der Waals surface area contributed by atoms with Gasteiger partial charge >= 0.3 is 6.03 Å². The van der Waals surface area contributed by atoms with Crippen LogP contribution >= 0.6 is 0 Å². The molecule has 19 heavy (non-hydrogen) atoms. The lowest BCUT2D eigenvalue weighted by Crippen LogP contribution is -2.19. The average Bonchev–Trinajstić information content (AvgIpc) is 2.37. The van der Waals surface area contributed by atoms with Gasteiger partial charge in [0, 0.05) is 11.4 Å². The molecule has 2 amide bonds. The number of rotatable bonds is 2. The van der Waals surface area contributed by atoms with Crippen molar-refractivity contribution < 1.29 is 9.90 Å². The van der Waals surface area contributed by atoms with E-state index in [4.69, 9.17) is 5.11 Å². The zero-order valence-electron chi connectivity index (χ0n) is 10.9. The van der Waals surface area contributed by atoms with E-state index in [2.05, 4.69) is 10.6 Å². The van der Waals surface area contributed by atoms with Crippen molar-refractivity contribution in [2.24, 2.45) is 0 Å². The minimum atomic E-state index is -0.311. The van der Waals surface area contributed by atoms with Gasteiger partial charge in [0.05, 0.1) is 0 Å². The molecule has 0 fully saturated rings. The molecule has 0 saturated heterocycles. The quantitative estimate of drug-likeness (QED) is 0.718. The second-order valence-electron chi connectivity index (χ2n) is 4.43. The molecule has 0 heterocycles. The first-order chi connectivity index (χ1) is 9.04. The van der Waals surface area contributed by atoms with Crippen molar-refractivity contribution in [1.82, 2.24) is 0 Å². The van der Waals surface area contributed by atoms with Crippen LogP contribution in [-0.4, -0.2) is 11.1 Å². The number of nitrogens with one attached hydrogen (secondary N) is 2. The molecule has 0 unspecified atom stereocenters. The topological polar surface area (TPSA) is 61.4 Å². The van der Waals surface area contributed by atoms with Crippen LogP contribution in [0, 0.1) is 13.8 Å². The zero-order valence-corrected chi connectivity index (χ0v) is 10.9. The molecule has 0 aliphatic rings. The average molecular weight is 256 g/mol. The number of carbonyl (C=O) groups is 1. The first kappa shape index (κ1) is 13.0. The predicted molar refractivity (Wildman–Crippen MR) is 76.7 cm³/mol. The van der Waals surface area contributed by atoms with Crippen molar-refractivity contribution in [3.05, 3.63) is 53.6 Å². The smallest absolute Gasteiger partial charge is 0.323 e. The van der Waals surface area contributed by atoms with E-state index in [-0.39, 0.29) is 11.8 Å². The molecular formula is C15H16N2O2. The van der Waals surface area contributed by atoms with Crippen molar-refractivity contribution in [3.8, 4) is 5.75 Å². The third-order valence-corrected chi connectivity index (χ3v) is 2.89. The van der Waals surface area contributed by atoms with E-state index in [0.717, 1.165) is 11.3 Å². The molecule has 4 heteroatoms. The lowest BCUT2D eigenvalue weighted by Gasteiger charge is -2.09. The first-order valence-corrected chi connectivity index (χ1v) is 5.99. The summed E-state index contributed by atoms with van der Waals surface area (Å²) < 4.78 is 0. The summed E-state index contributed by atoms with van der Waals surface area (Å²) in [6.07, 6.45) is 0. The number of phenols is 1. The Balaban J connectivity index is 2.01. The standard InChI is InChI=1S/C15H16N2O2/c1-10-3-4-13(9-11(10)2)17-15(19)16-12-5-7-14(18)8-6-12/h3-9,18H,1-2H3,(H2,16,17,19). The summed E-state index contributed by atoms with van der Waals surface area (Å²) in [7, 11) is 0. The Morgan fingerprint density at radius 3 is 2.11 bits per heavy atom. The molecule has 0 atom stereocenters. The second-order valence-corrected chi connectivity index (χ2v) is 4.43. The lowest BCUT2D eigenvalue weighted by molar-refractivity contribution is 0.262. The maximum absolute atomic E-state index is 11.8. The van der Waals surface area contributed by atoms with E-state index in [1.165, 1.54) is 17.7 Å². The van der Waals surface area contributed by atoms with Crippen LogP contribution in [0.4, 0.5) is 16.2 Å². The highest BCUT2D eigenvalue weighted by Crippen LogP contribution is 2.16. The molecule has 2 aromatic rings.